The van der Waals surface area contributed by atoms with Gasteiger partial charge in [-0.2, -0.15) is 15.3 Å². The first-order valence-corrected chi connectivity index (χ1v) is 13.0. The minimum absolute atomic E-state index is 0.203. The Balaban J connectivity index is 1.29. The molecule has 0 bridgehead atoms. The predicted octanol–water partition coefficient (Wildman–Crippen LogP) is 8.03. The van der Waals surface area contributed by atoms with Gasteiger partial charge in [-0.15, -0.1) is 0 Å². The van der Waals surface area contributed by atoms with E-state index in [1.807, 2.05) is 37.3 Å². The average Bonchev–Trinajstić information content (AvgIpc) is 3.29. The highest BCUT2D eigenvalue weighted by Gasteiger charge is 2.28. The van der Waals surface area contributed by atoms with E-state index < -0.39 is 5.91 Å². The second-order valence-electron chi connectivity index (χ2n) is 8.87. The van der Waals surface area contributed by atoms with Gasteiger partial charge in [0.1, 0.15) is 5.76 Å². The smallest absolute Gasteiger partial charge is 0.291 e. The van der Waals surface area contributed by atoms with Crippen molar-refractivity contribution in [3.63, 3.8) is 0 Å². The summed E-state index contributed by atoms with van der Waals surface area (Å²) in [4.78, 5) is 25.7. The Hall–Kier alpha value is -4.27. The maximum atomic E-state index is 13.1. The van der Waals surface area contributed by atoms with Crippen LogP contribution in [0.3, 0.4) is 0 Å². The molecule has 0 radical (unpaired) electrons. The van der Waals surface area contributed by atoms with E-state index in [0.29, 0.717) is 46.3 Å². The SMILES string of the molecule is Cc1c(C(=O)Nc2ccc(N=Nc3ccccc3)cc2)oc2c1/C(=N/NC(=O)c1ccc(Cl)cc1Cl)CCC2. The topological polar surface area (TPSA) is 108 Å². The number of aryl methyl sites for hydroxylation is 1. The molecule has 196 valence electrons. The molecule has 0 fully saturated rings. The maximum absolute atomic E-state index is 13.1. The molecule has 1 aliphatic carbocycles. The molecule has 0 unspecified atom stereocenters. The normalized spacial score (nSPS) is 13.9. The molecule has 8 nitrogen and oxygen atoms in total. The summed E-state index contributed by atoms with van der Waals surface area (Å²) in [5.74, 6) is 0.0339. The molecule has 10 heteroatoms. The number of hydrogen-bond acceptors (Lipinski definition) is 6. The summed E-state index contributed by atoms with van der Waals surface area (Å²) in [6.07, 6.45) is 2.07. The number of fused-ring (bicyclic) bond motifs is 1. The van der Waals surface area contributed by atoms with Crippen molar-refractivity contribution >= 4 is 57.8 Å². The molecule has 5 rings (SSSR count). The third kappa shape index (κ3) is 6.08. The Bertz CT molecular complexity index is 1600. The summed E-state index contributed by atoms with van der Waals surface area (Å²) in [5.41, 5.74) is 6.87. The summed E-state index contributed by atoms with van der Waals surface area (Å²) in [5, 5.41) is 16.3. The van der Waals surface area contributed by atoms with E-state index in [9.17, 15) is 9.59 Å². The fourth-order valence-electron chi connectivity index (χ4n) is 4.26. The summed E-state index contributed by atoms with van der Waals surface area (Å²) >= 11 is 12.1. The van der Waals surface area contributed by atoms with Crippen molar-refractivity contribution in [1.29, 1.82) is 0 Å². The molecule has 4 aromatic rings. The molecule has 0 spiro atoms. The summed E-state index contributed by atoms with van der Waals surface area (Å²) < 4.78 is 5.96. The van der Waals surface area contributed by atoms with Crippen LogP contribution in [0.2, 0.25) is 10.0 Å². The van der Waals surface area contributed by atoms with E-state index in [1.54, 1.807) is 30.3 Å². The van der Waals surface area contributed by atoms with Gasteiger partial charge >= 0.3 is 0 Å². The van der Waals surface area contributed by atoms with Crippen LogP contribution in [0, 0.1) is 6.92 Å². The van der Waals surface area contributed by atoms with Crippen LogP contribution in [-0.2, 0) is 6.42 Å². The average molecular weight is 560 g/mol. The van der Waals surface area contributed by atoms with Crippen molar-refractivity contribution < 1.29 is 14.0 Å². The lowest BCUT2D eigenvalue weighted by molar-refractivity contribution is 0.0953. The zero-order chi connectivity index (χ0) is 27.4. The van der Waals surface area contributed by atoms with Crippen LogP contribution in [0.25, 0.3) is 0 Å². The van der Waals surface area contributed by atoms with Gasteiger partial charge in [-0.05, 0) is 74.4 Å². The highest BCUT2D eigenvalue weighted by molar-refractivity contribution is 6.36. The number of carbonyl (C=O) groups excluding carboxylic acids is 2. The van der Waals surface area contributed by atoms with Gasteiger partial charge in [0.15, 0.2) is 5.76 Å². The Morgan fingerprint density at radius 1 is 0.872 bits per heavy atom. The van der Waals surface area contributed by atoms with Gasteiger partial charge in [0.25, 0.3) is 11.8 Å². The van der Waals surface area contributed by atoms with Crippen molar-refractivity contribution in [3.05, 3.63) is 111 Å². The molecule has 0 saturated carbocycles. The molecular weight excluding hydrogens is 537 g/mol. The van der Waals surface area contributed by atoms with E-state index >= 15 is 0 Å². The Morgan fingerprint density at radius 3 is 2.31 bits per heavy atom. The first kappa shape index (κ1) is 26.3. The van der Waals surface area contributed by atoms with Gasteiger partial charge in [-0.25, -0.2) is 5.43 Å². The van der Waals surface area contributed by atoms with Gasteiger partial charge in [-0.3, -0.25) is 9.59 Å². The van der Waals surface area contributed by atoms with Gasteiger partial charge in [0.2, 0.25) is 0 Å². The lowest BCUT2D eigenvalue weighted by Crippen LogP contribution is -2.22. The fraction of sp³-hybridized carbons (Fsp3) is 0.138. The highest BCUT2D eigenvalue weighted by Crippen LogP contribution is 2.31. The van der Waals surface area contributed by atoms with Crippen LogP contribution in [0.5, 0.6) is 0 Å². The van der Waals surface area contributed by atoms with Crippen LogP contribution in [0.15, 0.2) is 92.5 Å². The second kappa shape index (κ2) is 11.6. The number of carbonyl (C=O) groups is 2. The number of azo groups is 1. The predicted molar refractivity (Wildman–Crippen MR) is 152 cm³/mol. The van der Waals surface area contributed by atoms with Crippen molar-refractivity contribution in [1.82, 2.24) is 5.43 Å². The third-order valence-corrected chi connectivity index (χ3v) is 6.71. The molecule has 2 amide bonds. The monoisotopic (exact) mass is 559 g/mol. The Labute approximate surface area is 234 Å². The largest absolute Gasteiger partial charge is 0.455 e. The van der Waals surface area contributed by atoms with Crippen molar-refractivity contribution in [2.45, 2.75) is 26.2 Å². The van der Waals surface area contributed by atoms with Gasteiger partial charge in [0, 0.05) is 28.3 Å². The molecular formula is C29H23Cl2N5O3. The molecule has 0 saturated heterocycles. The van der Waals surface area contributed by atoms with E-state index in [2.05, 4.69) is 26.1 Å². The number of nitrogens with zero attached hydrogens (tertiary/aromatic N) is 3. The van der Waals surface area contributed by atoms with E-state index in [-0.39, 0.29) is 22.3 Å². The molecule has 39 heavy (non-hydrogen) atoms. The molecule has 0 atom stereocenters. The number of hydrazone groups is 1. The minimum atomic E-state index is -0.456. The molecule has 2 N–H and O–H groups in total. The standard InChI is InChI=1S/C29H23Cl2N5O3/c1-17-26-24(35-36-28(37)22-15-10-18(30)16-23(22)31)8-5-9-25(26)39-27(17)29(38)32-19-11-13-21(14-12-19)34-33-20-6-3-2-4-7-20/h2-4,6-7,10-16H,5,8-9H2,1H3,(H,32,38)(H,36,37)/b34-33?,35-24+. The molecule has 3 aromatic carbocycles. The summed E-state index contributed by atoms with van der Waals surface area (Å²) in [7, 11) is 0. The summed E-state index contributed by atoms with van der Waals surface area (Å²) in [6, 6.07) is 21.1. The molecule has 1 aliphatic rings. The van der Waals surface area contributed by atoms with E-state index in [1.165, 1.54) is 12.1 Å². The minimum Gasteiger partial charge on any atom is -0.455 e. The van der Waals surface area contributed by atoms with Crippen LogP contribution >= 0.6 is 23.2 Å². The van der Waals surface area contributed by atoms with Crippen LogP contribution in [0.4, 0.5) is 17.1 Å². The molecule has 1 heterocycles. The lowest BCUT2D eigenvalue weighted by atomic mass is 9.93. The van der Waals surface area contributed by atoms with Crippen molar-refractivity contribution in [2.24, 2.45) is 15.3 Å². The third-order valence-electron chi connectivity index (χ3n) is 6.16. The quantitative estimate of drug-likeness (QED) is 0.184. The number of anilines is 1. The van der Waals surface area contributed by atoms with E-state index in [0.717, 1.165) is 17.7 Å². The van der Waals surface area contributed by atoms with Gasteiger partial charge in [-0.1, -0.05) is 41.4 Å². The number of furan rings is 1. The number of halogens is 2. The number of benzene rings is 3. The lowest BCUT2D eigenvalue weighted by Gasteiger charge is -2.13. The Kier molecular flexibility index (Phi) is 7.86. The van der Waals surface area contributed by atoms with Gasteiger partial charge in [0.05, 0.1) is 27.7 Å². The number of nitrogens with one attached hydrogen (secondary N) is 2. The highest BCUT2D eigenvalue weighted by atomic mass is 35.5. The number of rotatable bonds is 6. The van der Waals surface area contributed by atoms with Crippen LogP contribution < -0.4 is 10.7 Å². The molecule has 0 aliphatic heterocycles. The first-order valence-electron chi connectivity index (χ1n) is 12.2. The van der Waals surface area contributed by atoms with Crippen molar-refractivity contribution in [3.8, 4) is 0 Å². The zero-order valence-corrected chi connectivity index (χ0v) is 22.4. The zero-order valence-electron chi connectivity index (χ0n) is 20.9. The van der Waals surface area contributed by atoms with Crippen molar-refractivity contribution in [2.75, 3.05) is 5.32 Å². The first-order chi connectivity index (χ1) is 18.9. The fourth-order valence-corrected chi connectivity index (χ4v) is 4.75. The number of amides is 2. The molecule has 1 aromatic heterocycles. The maximum Gasteiger partial charge on any atom is 0.291 e. The van der Waals surface area contributed by atoms with Gasteiger partial charge < -0.3 is 9.73 Å². The summed E-state index contributed by atoms with van der Waals surface area (Å²) in [6.45, 7) is 1.81. The van der Waals surface area contributed by atoms with Crippen LogP contribution in [-0.4, -0.2) is 17.5 Å². The van der Waals surface area contributed by atoms with E-state index in [4.69, 9.17) is 27.6 Å². The van der Waals surface area contributed by atoms with Crippen LogP contribution in [0.1, 0.15) is 50.6 Å². The number of hydrogen-bond donors (Lipinski definition) is 2. The Morgan fingerprint density at radius 2 is 1.59 bits per heavy atom. The second-order valence-corrected chi connectivity index (χ2v) is 9.71.